The van der Waals surface area contributed by atoms with Gasteiger partial charge < -0.3 is 4.57 Å². The summed E-state index contributed by atoms with van der Waals surface area (Å²) < 4.78 is 4.25. The van der Waals surface area contributed by atoms with Crippen molar-refractivity contribution in [1.29, 1.82) is 5.41 Å². The van der Waals surface area contributed by atoms with Crippen LogP contribution in [0.4, 0.5) is 0 Å². The van der Waals surface area contributed by atoms with Crippen LogP contribution in [0.15, 0.2) is 87.8 Å². The van der Waals surface area contributed by atoms with Crippen LogP contribution in [0.5, 0.6) is 0 Å². The standard InChI is InChI=1S/C28H20Br2N2/c1-28(2)23-6-4-3-5-19(23)20-10-9-18(15-24(20)28)32-25-11-7-16(29)13-21(25)27(31)22-14-17(30)8-12-26(22)32/h3-15,31H,1-2H3. The summed E-state index contributed by atoms with van der Waals surface area (Å²) in [6, 6.07) is 27.9. The molecule has 0 saturated carbocycles. The van der Waals surface area contributed by atoms with Crippen LogP contribution in [0, 0.1) is 5.41 Å². The second-order valence-electron chi connectivity index (χ2n) is 8.93. The van der Waals surface area contributed by atoms with E-state index in [1.165, 1.54) is 22.3 Å². The lowest BCUT2D eigenvalue weighted by molar-refractivity contribution is 0.660. The fourth-order valence-corrected chi connectivity index (χ4v) is 5.91. The molecule has 0 atom stereocenters. The first kappa shape index (κ1) is 20.0. The molecule has 1 N–H and O–H groups in total. The van der Waals surface area contributed by atoms with Crippen molar-refractivity contribution in [3.63, 3.8) is 0 Å². The van der Waals surface area contributed by atoms with Gasteiger partial charge in [-0.3, -0.25) is 5.41 Å². The van der Waals surface area contributed by atoms with Gasteiger partial charge in [0.15, 0.2) is 0 Å². The number of nitrogens with zero attached hydrogens (tertiary/aromatic N) is 1. The first-order valence-corrected chi connectivity index (χ1v) is 12.2. The molecule has 6 rings (SSSR count). The Bertz CT molecular complexity index is 1580. The normalized spacial score (nSPS) is 14.0. The molecule has 1 heterocycles. The van der Waals surface area contributed by atoms with E-state index in [1.807, 2.05) is 12.1 Å². The van der Waals surface area contributed by atoms with Gasteiger partial charge >= 0.3 is 0 Å². The van der Waals surface area contributed by atoms with Gasteiger partial charge in [-0.25, -0.2) is 0 Å². The van der Waals surface area contributed by atoms with E-state index in [2.05, 4.69) is 117 Å². The predicted octanol–water partition coefficient (Wildman–Crippen LogP) is 8.09. The van der Waals surface area contributed by atoms with Crippen LogP contribution in [0.3, 0.4) is 0 Å². The Labute approximate surface area is 203 Å². The van der Waals surface area contributed by atoms with Crippen molar-refractivity contribution in [2.24, 2.45) is 0 Å². The summed E-state index contributed by atoms with van der Waals surface area (Å²) in [6.07, 6.45) is 0. The molecule has 0 saturated heterocycles. The number of aromatic nitrogens is 1. The monoisotopic (exact) mass is 542 g/mol. The van der Waals surface area contributed by atoms with Crippen molar-refractivity contribution in [1.82, 2.24) is 4.57 Å². The predicted molar refractivity (Wildman–Crippen MR) is 140 cm³/mol. The minimum atomic E-state index is -0.0600. The Hall–Kier alpha value is -2.69. The summed E-state index contributed by atoms with van der Waals surface area (Å²) in [4.78, 5) is 0. The van der Waals surface area contributed by atoms with E-state index in [0.29, 0.717) is 5.36 Å². The van der Waals surface area contributed by atoms with Crippen molar-refractivity contribution >= 4 is 53.7 Å². The number of halogens is 2. The molecule has 1 aliphatic carbocycles. The number of hydrogen-bond acceptors (Lipinski definition) is 1. The van der Waals surface area contributed by atoms with Crippen molar-refractivity contribution in [2.45, 2.75) is 19.3 Å². The molecule has 2 nitrogen and oxygen atoms in total. The molecule has 32 heavy (non-hydrogen) atoms. The minimum Gasteiger partial charge on any atom is -0.309 e. The van der Waals surface area contributed by atoms with Gasteiger partial charge in [0.2, 0.25) is 0 Å². The lowest BCUT2D eigenvalue weighted by Gasteiger charge is -2.23. The third-order valence-electron chi connectivity index (χ3n) is 6.76. The van der Waals surface area contributed by atoms with Crippen molar-refractivity contribution in [2.75, 3.05) is 0 Å². The smallest absolute Gasteiger partial charge is 0.0727 e. The van der Waals surface area contributed by atoms with Crippen molar-refractivity contribution in [3.8, 4) is 16.8 Å². The Morgan fingerprint density at radius 3 is 1.94 bits per heavy atom. The third-order valence-corrected chi connectivity index (χ3v) is 7.75. The van der Waals surface area contributed by atoms with Gasteiger partial charge in [-0.15, -0.1) is 0 Å². The Morgan fingerprint density at radius 2 is 1.28 bits per heavy atom. The molecule has 1 aromatic heterocycles. The number of rotatable bonds is 1. The van der Waals surface area contributed by atoms with E-state index in [1.54, 1.807) is 0 Å². The van der Waals surface area contributed by atoms with Crippen LogP contribution in [-0.2, 0) is 5.41 Å². The first-order valence-electron chi connectivity index (χ1n) is 10.6. The highest BCUT2D eigenvalue weighted by Gasteiger charge is 2.35. The topological polar surface area (TPSA) is 28.8 Å². The van der Waals surface area contributed by atoms with Gasteiger partial charge in [-0.05, 0) is 70.8 Å². The molecular formula is C28H20Br2N2. The second-order valence-corrected chi connectivity index (χ2v) is 10.8. The summed E-state index contributed by atoms with van der Waals surface area (Å²) >= 11 is 7.19. The lowest BCUT2D eigenvalue weighted by Crippen LogP contribution is -2.16. The molecule has 156 valence electrons. The maximum absolute atomic E-state index is 8.90. The van der Waals surface area contributed by atoms with Crippen LogP contribution in [0.1, 0.15) is 25.0 Å². The summed E-state index contributed by atoms with van der Waals surface area (Å²) in [5.41, 5.74) is 8.47. The van der Waals surface area contributed by atoms with E-state index in [9.17, 15) is 0 Å². The zero-order valence-electron chi connectivity index (χ0n) is 17.7. The number of hydrogen-bond donors (Lipinski definition) is 1. The fourth-order valence-electron chi connectivity index (χ4n) is 5.19. The maximum Gasteiger partial charge on any atom is 0.0727 e. The van der Waals surface area contributed by atoms with E-state index >= 15 is 0 Å². The third kappa shape index (κ3) is 2.72. The van der Waals surface area contributed by atoms with Crippen LogP contribution < -0.4 is 5.36 Å². The first-order chi connectivity index (χ1) is 15.4. The van der Waals surface area contributed by atoms with Gasteiger partial charge in [-0.2, -0.15) is 0 Å². The number of fused-ring (bicyclic) bond motifs is 5. The van der Waals surface area contributed by atoms with Crippen LogP contribution >= 0.6 is 31.9 Å². The fraction of sp³-hybridized carbons (Fsp3) is 0.107. The maximum atomic E-state index is 8.90. The SMILES string of the molecule is CC1(C)c2ccccc2-c2ccc(-n3c4ccc(Br)cc4c(=N)c4cc(Br)ccc43)cc21. The largest absolute Gasteiger partial charge is 0.309 e. The number of nitrogens with one attached hydrogen (secondary N) is 1. The van der Waals surface area contributed by atoms with Gasteiger partial charge in [0.05, 0.1) is 16.4 Å². The second kappa shape index (κ2) is 6.90. The molecule has 0 spiro atoms. The van der Waals surface area contributed by atoms with Crippen LogP contribution in [0.25, 0.3) is 38.6 Å². The van der Waals surface area contributed by atoms with Crippen molar-refractivity contribution < 1.29 is 0 Å². The van der Waals surface area contributed by atoms with E-state index in [4.69, 9.17) is 5.41 Å². The minimum absolute atomic E-state index is 0.0600. The molecule has 0 fully saturated rings. The molecule has 1 aliphatic rings. The molecule has 5 aromatic rings. The lowest BCUT2D eigenvalue weighted by atomic mass is 9.82. The highest BCUT2D eigenvalue weighted by molar-refractivity contribution is 9.10. The Morgan fingerprint density at radius 1 is 0.688 bits per heavy atom. The zero-order valence-corrected chi connectivity index (χ0v) is 20.9. The quantitative estimate of drug-likeness (QED) is 0.207. The highest BCUT2D eigenvalue weighted by atomic mass is 79.9. The molecule has 0 aliphatic heterocycles. The number of benzene rings is 4. The molecule has 4 aromatic carbocycles. The van der Waals surface area contributed by atoms with Gasteiger partial charge in [0, 0.05) is 30.8 Å². The van der Waals surface area contributed by atoms with Crippen LogP contribution in [-0.4, -0.2) is 4.57 Å². The number of pyridine rings is 1. The highest BCUT2D eigenvalue weighted by Crippen LogP contribution is 2.49. The van der Waals surface area contributed by atoms with Gasteiger partial charge in [0.1, 0.15) is 0 Å². The van der Waals surface area contributed by atoms with Crippen molar-refractivity contribution in [3.05, 3.63) is 104 Å². The Balaban J connectivity index is 1.73. The Kier molecular flexibility index (Phi) is 4.30. The summed E-state index contributed by atoms with van der Waals surface area (Å²) in [5.74, 6) is 0. The zero-order chi connectivity index (χ0) is 22.2. The summed E-state index contributed by atoms with van der Waals surface area (Å²) in [5, 5.41) is 11.3. The van der Waals surface area contributed by atoms with E-state index < -0.39 is 0 Å². The molecule has 0 bridgehead atoms. The van der Waals surface area contributed by atoms with Gasteiger partial charge in [0.25, 0.3) is 0 Å². The molecule has 4 heteroatoms. The van der Waals surface area contributed by atoms with E-state index in [-0.39, 0.29) is 5.41 Å². The molecule has 0 unspecified atom stereocenters. The van der Waals surface area contributed by atoms with E-state index in [0.717, 1.165) is 36.4 Å². The average Bonchev–Trinajstić information content (AvgIpc) is 3.02. The van der Waals surface area contributed by atoms with Crippen LogP contribution in [0.2, 0.25) is 0 Å². The molecule has 0 radical (unpaired) electrons. The summed E-state index contributed by atoms with van der Waals surface area (Å²) in [7, 11) is 0. The van der Waals surface area contributed by atoms with Gasteiger partial charge in [-0.1, -0.05) is 76.0 Å². The molecular weight excluding hydrogens is 524 g/mol. The molecule has 0 amide bonds. The summed E-state index contributed by atoms with van der Waals surface area (Å²) in [6.45, 7) is 4.62. The average molecular weight is 544 g/mol.